The van der Waals surface area contributed by atoms with Gasteiger partial charge in [0.1, 0.15) is 18.5 Å². The fourth-order valence-corrected chi connectivity index (χ4v) is 2.13. The quantitative estimate of drug-likeness (QED) is 0.749. The van der Waals surface area contributed by atoms with Crippen molar-refractivity contribution < 1.29 is 14.6 Å². The highest BCUT2D eigenvalue weighted by molar-refractivity contribution is 5.78. The number of amides is 1. The molecular formula is C16H24N2O3. The van der Waals surface area contributed by atoms with Crippen molar-refractivity contribution in [1.29, 1.82) is 0 Å². The number of hydrogen-bond donors (Lipinski definition) is 2. The number of aryl methyl sites for hydroxylation is 1. The van der Waals surface area contributed by atoms with Crippen LogP contribution < -0.4 is 10.1 Å². The number of hydrogen-bond acceptors (Lipinski definition) is 4. The van der Waals surface area contributed by atoms with Crippen LogP contribution in [0, 0.1) is 6.92 Å². The van der Waals surface area contributed by atoms with Crippen LogP contribution in [0.15, 0.2) is 24.3 Å². The van der Waals surface area contributed by atoms with E-state index in [4.69, 9.17) is 4.74 Å². The third kappa shape index (κ3) is 5.73. The molecule has 5 nitrogen and oxygen atoms in total. The molecule has 1 atom stereocenters. The van der Waals surface area contributed by atoms with Crippen LogP contribution in [0.4, 0.5) is 0 Å². The van der Waals surface area contributed by atoms with Crippen molar-refractivity contribution in [3.8, 4) is 5.75 Å². The van der Waals surface area contributed by atoms with Gasteiger partial charge in [-0.3, -0.25) is 9.69 Å². The van der Waals surface area contributed by atoms with E-state index in [9.17, 15) is 9.90 Å². The van der Waals surface area contributed by atoms with Gasteiger partial charge >= 0.3 is 0 Å². The van der Waals surface area contributed by atoms with E-state index in [2.05, 4.69) is 5.32 Å². The first-order valence-electron chi connectivity index (χ1n) is 7.39. The first-order chi connectivity index (χ1) is 10.0. The fourth-order valence-electron chi connectivity index (χ4n) is 2.13. The normalized spacial score (nSPS) is 15.8. The van der Waals surface area contributed by atoms with Crippen molar-refractivity contribution in [1.82, 2.24) is 10.2 Å². The van der Waals surface area contributed by atoms with Crippen LogP contribution in [0.3, 0.4) is 0 Å². The Morgan fingerprint density at radius 3 is 2.86 bits per heavy atom. The van der Waals surface area contributed by atoms with Crippen molar-refractivity contribution in [3.05, 3.63) is 29.8 Å². The number of likely N-dealkylation sites (N-methyl/N-ethyl adjacent to an activating group) is 1. The molecule has 1 aromatic rings. The summed E-state index contributed by atoms with van der Waals surface area (Å²) in [5, 5.41) is 12.9. The summed E-state index contributed by atoms with van der Waals surface area (Å²) in [6, 6.07) is 8.08. The lowest BCUT2D eigenvalue weighted by atomic mass is 10.2. The minimum absolute atomic E-state index is 0.0204. The Kier molecular flexibility index (Phi) is 5.59. The molecule has 1 aliphatic carbocycles. The van der Waals surface area contributed by atoms with E-state index in [0.29, 0.717) is 19.1 Å². The Hall–Kier alpha value is -1.59. The van der Waals surface area contributed by atoms with Gasteiger partial charge in [0.15, 0.2) is 0 Å². The van der Waals surface area contributed by atoms with Gasteiger partial charge in [-0.2, -0.15) is 0 Å². The van der Waals surface area contributed by atoms with Gasteiger partial charge in [-0.25, -0.2) is 0 Å². The first-order valence-corrected chi connectivity index (χ1v) is 7.39. The Labute approximate surface area is 125 Å². The maximum absolute atomic E-state index is 11.6. The van der Waals surface area contributed by atoms with Crippen LogP contribution in [0.1, 0.15) is 18.4 Å². The Bertz CT molecular complexity index is 474. The second kappa shape index (κ2) is 7.43. The topological polar surface area (TPSA) is 61.8 Å². The third-order valence-corrected chi connectivity index (χ3v) is 3.40. The number of ether oxygens (including phenoxy) is 1. The van der Waals surface area contributed by atoms with Crippen LogP contribution >= 0.6 is 0 Å². The maximum Gasteiger partial charge on any atom is 0.234 e. The van der Waals surface area contributed by atoms with E-state index >= 15 is 0 Å². The van der Waals surface area contributed by atoms with Crippen LogP contribution in [0.25, 0.3) is 0 Å². The van der Waals surface area contributed by atoms with Crippen molar-refractivity contribution in [2.45, 2.75) is 31.9 Å². The Balaban J connectivity index is 1.67. The summed E-state index contributed by atoms with van der Waals surface area (Å²) in [5.74, 6) is 0.803. The number of aliphatic hydroxyl groups is 1. The molecule has 2 N–H and O–H groups in total. The largest absolute Gasteiger partial charge is 0.491 e. The maximum atomic E-state index is 11.6. The van der Waals surface area contributed by atoms with Gasteiger partial charge in [-0.1, -0.05) is 18.2 Å². The summed E-state index contributed by atoms with van der Waals surface area (Å²) in [6.07, 6.45) is 1.55. The number of para-hydroxylation sites is 1. The van der Waals surface area contributed by atoms with Gasteiger partial charge in [0, 0.05) is 12.6 Å². The van der Waals surface area contributed by atoms with E-state index in [1.54, 1.807) is 0 Å². The predicted octanol–water partition coefficient (Wildman–Crippen LogP) is 0.945. The van der Waals surface area contributed by atoms with Crippen LogP contribution in [0.2, 0.25) is 0 Å². The number of rotatable bonds is 8. The Morgan fingerprint density at radius 1 is 1.48 bits per heavy atom. The summed E-state index contributed by atoms with van der Waals surface area (Å²) in [6.45, 7) is 2.90. The summed E-state index contributed by atoms with van der Waals surface area (Å²) in [4.78, 5) is 13.5. The van der Waals surface area contributed by atoms with E-state index in [-0.39, 0.29) is 12.5 Å². The molecule has 0 radical (unpaired) electrons. The molecule has 1 aromatic carbocycles. The zero-order valence-electron chi connectivity index (χ0n) is 12.7. The third-order valence-electron chi connectivity index (χ3n) is 3.40. The molecule has 21 heavy (non-hydrogen) atoms. The molecule has 0 aliphatic heterocycles. The molecule has 1 fully saturated rings. The minimum Gasteiger partial charge on any atom is -0.491 e. The number of nitrogens with one attached hydrogen (secondary N) is 1. The minimum atomic E-state index is -0.622. The molecule has 0 saturated heterocycles. The highest BCUT2D eigenvalue weighted by atomic mass is 16.5. The van der Waals surface area contributed by atoms with Crippen LogP contribution in [0.5, 0.6) is 5.75 Å². The number of benzene rings is 1. The summed E-state index contributed by atoms with van der Waals surface area (Å²) in [5.41, 5.74) is 1.04. The summed E-state index contributed by atoms with van der Waals surface area (Å²) in [7, 11) is 1.82. The summed E-state index contributed by atoms with van der Waals surface area (Å²) >= 11 is 0. The van der Waals surface area contributed by atoms with Crippen molar-refractivity contribution in [3.63, 3.8) is 0 Å². The molecule has 1 amide bonds. The second-order valence-corrected chi connectivity index (χ2v) is 5.77. The first kappa shape index (κ1) is 15.8. The highest BCUT2D eigenvalue weighted by Gasteiger charge is 2.23. The standard InChI is InChI=1S/C16H24N2O3/c1-12-5-3-4-6-15(12)21-11-14(19)9-18(2)10-16(20)17-13-7-8-13/h3-6,13-14,19H,7-11H2,1-2H3,(H,17,20). The molecule has 0 aromatic heterocycles. The van der Waals surface area contributed by atoms with Gasteiger partial charge in [0.25, 0.3) is 0 Å². The van der Waals surface area contributed by atoms with E-state index in [1.807, 2.05) is 43.1 Å². The molecule has 116 valence electrons. The van der Waals surface area contributed by atoms with E-state index < -0.39 is 6.10 Å². The van der Waals surface area contributed by atoms with E-state index in [1.165, 1.54) is 0 Å². The van der Waals surface area contributed by atoms with Gasteiger partial charge in [-0.15, -0.1) is 0 Å². The van der Waals surface area contributed by atoms with Crippen molar-refractivity contribution in [2.24, 2.45) is 0 Å². The SMILES string of the molecule is Cc1ccccc1OCC(O)CN(C)CC(=O)NC1CC1. The van der Waals surface area contributed by atoms with Crippen LogP contribution in [-0.4, -0.2) is 54.8 Å². The average molecular weight is 292 g/mol. The van der Waals surface area contributed by atoms with Crippen molar-refractivity contribution in [2.75, 3.05) is 26.7 Å². The van der Waals surface area contributed by atoms with Crippen LogP contribution in [-0.2, 0) is 4.79 Å². The number of nitrogens with zero attached hydrogens (tertiary/aromatic N) is 1. The monoisotopic (exact) mass is 292 g/mol. The number of carbonyl (C=O) groups excluding carboxylic acids is 1. The lowest BCUT2D eigenvalue weighted by Crippen LogP contribution is -2.40. The molecular weight excluding hydrogens is 268 g/mol. The zero-order valence-corrected chi connectivity index (χ0v) is 12.7. The van der Waals surface area contributed by atoms with E-state index in [0.717, 1.165) is 24.2 Å². The molecule has 1 saturated carbocycles. The zero-order chi connectivity index (χ0) is 15.2. The second-order valence-electron chi connectivity index (χ2n) is 5.77. The smallest absolute Gasteiger partial charge is 0.234 e. The molecule has 0 bridgehead atoms. The Morgan fingerprint density at radius 2 is 2.19 bits per heavy atom. The molecule has 2 rings (SSSR count). The lowest BCUT2D eigenvalue weighted by molar-refractivity contribution is -0.122. The number of carbonyl (C=O) groups is 1. The van der Waals surface area contributed by atoms with Gasteiger partial charge < -0.3 is 15.2 Å². The molecule has 1 unspecified atom stereocenters. The number of aliphatic hydroxyl groups excluding tert-OH is 1. The van der Waals surface area contributed by atoms with Gasteiger partial charge in [0.2, 0.25) is 5.91 Å². The molecule has 1 aliphatic rings. The lowest BCUT2D eigenvalue weighted by Gasteiger charge is -2.20. The predicted molar refractivity (Wildman–Crippen MR) is 81.3 cm³/mol. The molecule has 0 spiro atoms. The average Bonchev–Trinajstić information content (AvgIpc) is 3.21. The highest BCUT2D eigenvalue weighted by Crippen LogP contribution is 2.18. The van der Waals surface area contributed by atoms with Gasteiger partial charge in [-0.05, 0) is 38.4 Å². The summed E-state index contributed by atoms with van der Waals surface area (Å²) < 4.78 is 5.60. The van der Waals surface area contributed by atoms with Crippen molar-refractivity contribution >= 4 is 5.91 Å². The van der Waals surface area contributed by atoms with Gasteiger partial charge in [0.05, 0.1) is 6.54 Å². The fraction of sp³-hybridized carbons (Fsp3) is 0.562. The molecule has 5 heteroatoms. The molecule has 0 heterocycles.